The number of nitrogens with zero attached hydrogens (tertiary/aromatic N) is 1. The zero-order valence-electron chi connectivity index (χ0n) is 19.8. The fourth-order valence-electron chi connectivity index (χ4n) is 4.25. The van der Waals surface area contributed by atoms with Crippen molar-refractivity contribution in [3.63, 3.8) is 0 Å². The van der Waals surface area contributed by atoms with Crippen LogP contribution in [0.3, 0.4) is 0 Å². The second kappa shape index (κ2) is 10.2. The lowest BCUT2D eigenvalue weighted by molar-refractivity contribution is -0.136. The first-order chi connectivity index (χ1) is 18.3. The van der Waals surface area contributed by atoms with Crippen LogP contribution in [-0.2, 0) is 6.18 Å². The van der Waals surface area contributed by atoms with E-state index >= 15 is 0 Å². The van der Waals surface area contributed by atoms with Gasteiger partial charge in [0.25, 0.3) is 0 Å². The molecule has 0 saturated carbocycles. The van der Waals surface area contributed by atoms with Crippen LogP contribution in [0.15, 0.2) is 109 Å². The third-order valence-corrected chi connectivity index (χ3v) is 5.92. The Balaban J connectivity index is 1.62. The number of carbonyl (C=O) groups excluding carboxylic acids is 2. The van der Waals surface area contributed by atoms with Gasteiger partial charge in [0.05, 0.1) is 11.1 Å². The number of pyridine rings is 1. The van der Waals surface area contributed by atoms with Gasteiger partial charge in [-0.25, -0.2) is 4.79 Å². The smallest absolute Gasteiger partial charge is 0.308 e. The van der Waals surface area contributed by atoms with Crippen molar-refractivity contribution in [3.8, 4) is 11.1 Å². The molecular weight excluding hydrogens is 491 g/mol. The summed E-state index contributed by atoms with van der Waals surface area (Å²) in [5.41, 5.74) is 1.09. The molecule has 4 aromatic carbocycles. The molecule has 0 saturated heterocycles. The summed E-state index contributed by atoms with van der Waals surface area (Å²) >= 11 is 0. The number of aromatic nitrogens is 1. The maximum Gasteiger partial charge on any atom is 0.418 e. The molecule has 2 amide bonds. The highest BCUT2D eigenvalue weighted by atomic mass is 19.4. The van der Waals surface area contributed by atoms with Crippen molar-refractivity contribution in [2.24, 2.45) is 0 Å². The number of carbonyl (C=O) groups is 2. The third kappa shape index (κ3) is 5.10. The standard InChI is InChI=1S/C30H20F3N3O2/c31-30(32,33)25-16-8-15-23-26(24(18-34-27(23)25)28(37)19-9-3-1-4-10-19)20-11-7-14-22(17-20)36-29(38)35-21-12-5-2-6-13-21/h1-18H,(H2,35,36,38). The summed E-state index contributed by atoms with van der Waals surface area (Å²) in [7, 11) is 0. The molecule has 0 fully saturated rings. The minimum Gasteiger partial charge on any atom is -0.308 e. The van der Waals surface area contributed by atoms with Gasteiger partial charge < -0.3 is 10.6 Å². The molecule has 1 heterocycles. The van der Waals surface area contributed by atoms with Crippen LogP contribution in [0.1, 0.15) is 21.5 Å². The van der Waals surface area contributed by atoms with E-state index < -0.39 is 17.8 Å². The largest absolute Gasteiger partial charge is 0.418 e. The van der Waals surface area contributed by atoms with E-state index in [4.69, 9.17) is 0 Å². The summed E-state index contributed by atoms with van der Waals surface area (Å²) in [6.07, 6.45) is -3.45. The van der Waals surface area contributed by atoms with E-state index in [9.17, 15) is 22.8 Å². The van der Waals surface area contributed by atoms with Crippen molar-refractivity contribution in [2.75, 3.05) is 10.6 Å². The van der Waals surface area contributed by atoms with E-state index in [0.29, 0.717) is 28.1 Å². The van der Waals surface area contributed by atoms with Crippen molar-refractivity contribution in [1.29, 1.82) is 0 Å². The van der Waals surface area contributed by atoms with E-state index in [0.717, 1.165) is 6.07 Å². The van der Waals surface area contributed by atoms with Crippen LogP contribution in [0, 0.1) is 0 Å². The number of urea groups is 1. The maximum atomic E-state index is 13.8. The molecule has 0 unspecified atom stereocenters. The number of hydrogen-bond acceptors (Lipinski definition) is 3. The van der Waals surface area contributed by atoms with E-state index in [1.807, 2.05) is 6.07 Å². The number of benzene rings is 4. The third-order valence-electron chi connectivity index (χ3n) is 5.92. The molecule has 0 bridgehead atoms. The number of rotatable bonds is 5. The zero-order chi connectivity index (χ0) is 26.7. The molecule has 8 heteroatoms. The highest BCUT2D eigenvalue weighted by Gasteiger charge is 2.34. The minimum absolute atomic E-state index is 0.147. The van der Waals surface area contributed by atoms with Crippen molar-refractivity contribution in [2.45, 2.75) is 6.18 Å². The Bertz CT molecular complexity index is 1640. The topological polar surface area (TPSA) is 71.1 Å². The predicted octanol–water partition coefficient (Wildman–Crippen LogP) is 7.80. The molecule has 0 radical (unpaired) electrons. The lowest BCUT2D eigenvalue weighted by Gasteiger charge is -2.16. The average molecular weight is 512 g/mol. The van der Waals surface area contributed by atoms with E-state index in [-0.39, 0.29) is 22.2 Å². The number of halogens is 3. The Hall–Kier alpha value is -4.98. The van der Waals surface area contributed by atoms with Gasteiger partial charge in [0.2, 0.25) is 0 Å². The van der Waals surface area contributed by atoms with Crippen molar-refractivity contribution < 1.29 is 22.8 Å². The van der Waals surface area contributed by atoms with E-state index in [1.165, 1.54) is 18.3 Å². The van der Waals surface area contributed by atoms with Gasteiger partial charge in [0, 0.05) is 39.6 Å². The van der Waals surface area contributed by atoms with Gasteiger partial charge in [-0.1, -0.05) is 72.8 Å². The van der Waals surface area contributed by atoms with Crippen LogP contribution in [-0.4, -0.2) is 16.8 Å². The van der Waals surface area contributed by atoms with Crippen LogP contribution >= 0.6 is 0 Å². The Kier molecular flexibility index (Phi) is 6.62. The molecule has 5 aromatic rings. The number of hydrogen-bond donors (Lipinski definition) is 2. The molecule has 0 aliphatic rings. The first-order valence-electron chi connectivity index (χ1n) is 11.6. The second-order valence-electron chi connectivity index (χ2n) is 8.47. The fourth-order valence-corrected chi connectivity index (χ4v) is 4.25. The fraction of sp³-hybridized carbons (Fsp3) is 0.0333. The summed E-state index contributed by atoms with van der Waals surface area (Å²) in [5.74, 6) is -0.382. The molecule has 38 heavy (non-hydrogen) atoms. The van der Waals surface area contributed by atoms with Crippen LogP contribution in [0.25, 0.3) is 22.0 Å². The summed E-state index contributed by atoms with van der Waals surface area (Å²) in [6, 6.07) is 27.2. The summed E-state index contributed by atoms with van der Waals surface area (Å²) < 4.78 is 41.4. The number of fused-ring (bicyclic) bond motifs is 1. The molecule has 0 aliphatic carbocycles. The van der Waals surface area contributed by atoms with Crippen molar-refractivity contribution in [3.05, 3.63) is 126 Å². The number of anilines is 2. The summed E-state index contributed by atoms with van der Waals surface area (Å²) in [4.78, 5) is 30.1. The first-order valence-corrected chi connectivity index (χ1v) is 11.6. The SMILES string of the molecule is O=C(Nc1ccccc1)Nc1cccc(-c2c(C(=O)c3ccccc3)cnc3c(C(F)(F)F)cccc23)c1. The van der Waals surface area contributed by atoms with Gasteiger partial charge in [-0.3, -0.25) is 9.78 Å². The van der Waals surface area contributed by atoms with Gasteiger partial charge in [-0.15, -0.1) is 0 Å². The monoisotopic (exact) mass is 511 g/mol. The zero-order valence-corrected chi connectivity index (χ0v) is 19.8. The highest BCUT2D eigenvalue weighted by Crippen LogP contribution is 2.39. The minimum atomic E-state index is -4.63. The van der Waals surface area contributed by atoms with E-state index in [2.05, 4.69) is 15.6 Å². The lowest BCUT2D eigenvalue weighted by atomic mass is 9.91. The number of para-hydroxylation sites is 2. The Morgan fingerprint density at radius 1 is 0.711 bits per heavy atom. The van der Waals surface area contributed by atoms with Gasteiger partial charge in [-0.2, -0.15) is 13.2 Å². The first kappa shape index (κ1) is 24.7. The van der Waals surface area contributed by atoms with Gasteiger partial charge in [-0.05, 0) is 35.9 Å². The Morgan fingerprint density at radius 3 is 2.05 bits per heavy atom. The van der Waals surface area contributed by atoms with Crippen LogP contribution in [0.4, 0.5) is 29.3 Å². The molecule has 0 atom stereocenters. The second-order valence-corrected chi connectivity index (χ2v) is 8.47. The number of nitrogens with one attached hydrogen (secondary N) is 2. The molecule has 5 nitrogen and oxygen atoms in total. The predicted molar refractivity (Wildman–Crippen MR) is 141 cm³/mol. The van der Waals surface area contributed by atoms with Gasteiger partial charge in [0.1, 0.15) is 0 Å². The van der Waals surface area contributed by atoms with Crippen LogP contribution in [0.2, 0.25) is 0 Å². The Labute approximate surface area is 216 Å². The summed E-state index contributed by atoms with van der Waals surface area (Å²) in [5, 5.41) is 5.62. The van der Waals surface area contributed by atoms with Crippen LogP contribution < -0.4 is 10.6 Å². The molecule has 1 aromatic heterocycles. The molecule has 5 rings (SSSR count). The average Bonchev–Trinajstić information content (AvgIpc) is 2.92. The molecule has 188 valence electrons. The molecule has 0 spiro atoms. The highest BCUT2D eigenvalue weighted by molar-refractivity contribution is 6.17. The van der Waals surface area contributed by atoms with Gasteiger partial charge in [0.15, 0.2) is 5.78 Å². The van der Waals surface area contributed by atoms with Crippen molar-refractivity contribution in [1.82, 2.24) is 4.98 Å². The molecule has 0 aliphatic heterocycles. The number of amides is 2. The number of alkyl halides is 3. The maximum absolute atomic E-state index is 13.8. The molecular formula is C30H20F3N3O2. The quantitative estimate of drug-likeness (QED) is 0.237. The molecule has 2 N–H and O–H groups in total. The van der Waals surface area contributed by atoms with Gasteiger partial charge >= 0.3 is 12.2 Å². The normalized spacial score (nSPS) is 11.2. The lowest BCUT2D eigenvalue weighted by Crippen LogP contribution is -2.19. The van der Waals surface area contributed by atoms with Crippen molar-refractivity contribution >= 4 is 34.1 Å². The number of ketones is 1. The Morgan fingerprint density at radius 2 is 1.34 bits per heavy atom. The van der Waals surface area contributed by atoms with E-state index in [1.54, 1.807) is 78.9 Å². The van der Waals surface area contributed by atoms with Crippen LogP contribution in [0.5, 0.6) is 0 Å². The summed E-state index contributed by atoms with van der Waals surface area (Å²) in [6.45, 7) is 0.